The van der Waals surface area contributed by atoms with Gasteiger partial charge in [-0.1, -0.05) is 0 Å². The van der Waals surface area contributed by atoms with Crippen LogP contribution in [0.2, 0.25) is 0 Å². The second kappa shape index (κ2) is 5.99. The number of hydrogen-bond donors (Lipinski definition) is 3. The lowest BCUT2D eigenvalue weighted by molar-refractivity contribution is -0.139. The highest BCUT2D eigenvalue weighted by molar-refractivity contribution is 7.81. The van der Waals surface area contributed by atoms with Crippen molar-refractivity contribution in [2.24, 2.45) is 5.73 Å². The summed E-state index contributed by atoms with van der Waals surface area (Å²) in [6, 6.07) is -0.902. The van der Waals surface area contributed by atoms with E-state index in [1.165, 1.54) is 13.8 Å². The summed E-state index contributed by atoms with van der Waals surface area (Å²) in [5, 5.41) is 8.34. The fourth-order valence-corrected chi connectivity index (χ4v) is 0.413. The first-order valence-corrected chi connectivity index (χ1v) is 4.21. The molecule has 0 aromatic carbocycles. The van der Waals surface area contributed by atoms with Gasteiger partial charge < -0.3 is 15.6 Å². The summed E-state index contributed by atoms with van der Waals surface area (Å²) < 4.78 is -0.647. The zero-order valence-corrected chi connectivity index (χ0v) is 9.26. The van der Waals surface area contributed by atoms with Crippen molar-refractivity contribution in [2.45, 2.75) is 38.5 Å². The van der Waals surface area contributed by atoms with E-state index >= 15 is 0 Å². The molecule has 0 aliphatic rings. The molecule has 0 rings (SSSR count). The molecule has 0 saturated carbocycles. The molecule has 3 N–H and O–H groups in total. The van der Waals surface area contributed by atoms with Crippen LogP contribution in [0.3, 0.4) is 0 Å². The zero-order valence-electron chi connectivity index (χ0n) is 8.37. The molecule has 0 bridgehead atoms. The number of nitrogens with two attached hydrogens (primary N) is 1. The average Bonchev–Trinajstić information content (AvgIpc) is 1.82. The molecule has 78 valence electrons. The van der Waals surface area contributed by atoms with Gasteiger partial charge in [0.1, 0.15) is 11.8 Å². The molecule has 0 saturated heterocycles. The van der Waals surface area contributed by atoms with Crippen LogP contribution in [0, 0.1) is 0 Å². The maximum atomic E-state index is 10.2. The maximum absolute atomic E-state index is 10.2. The number of ketones is 1. The quantitative estimate of drug-likeness (QED) is 0.582. The number of hydrogen-bond acceptors (Lipinski definition) is 4. The van der Waals surface area contributed by atoms with Crippen molar-refractivity contribution in [1.29, 1.82) is 0 Å². The van der Waals surface area contributed by atoms with Crippen LogP contribution in [0.4, 0.5) is 0 Å². The lowest BCUT2D eigenvalue weighted by Crippen LogP contribution is -2.45. The zero-order chi connectivity index (χ0) is 11.2. The van der Waals surface area contributed by atoms with Crippen molar-refractivity contribution >= 4 is 24.4 Å². The molecular weight excluding hydrogens is 190 g/mol. The Kier molecular flexibility index (Phi) is 6.89. The van der Waals surface area contributed by atoms with E-state index in [4.69, 9.17) is 10.8 Å². The Balaban J connectivity index is 0. The predicted octanol–water partition coefficient (Wildman–Crippen LogP) is 0.702. The Morgan fingerprint density at radius 3 is 1.62 bits per heavy atom. The molecule has 0 heterocycles. The third kappa shape index (κ3) is 11.5. The van der Waals surface area contributed by atoms with Gasteiger partial charge in [0.15, 0.2) is 0 Å². The average molecular weight is 207 g/mol. The van der Waals surface area contributed by atoms with Crippen LogP contribution in [-0.4, -0.2) is 27.6 Å². The Bertz CT molecular complexity index is 182. The number of carbonyl (C=O) groups excluding carboxylic acids is 1. The van der Waals surface area contributed by atoms with Crippen molar-refractivity contribution < 1.29 is 14.7 Å². The molecule has 0 amide bonds. The maximum Gasteiger partial charge on any atom is 0.321 e. The van der Waals surface area contributed by atoms with E-state index in [0.29, 0.717) is 0 Å². The van der Waals surface area contributed by atoms with Crippen LogP contribution in [-0.2, 0) is 9.59 Å². The van der Waals surface area contributed by atoms with Gasteiger partial charge in [-0.2, -0.15) is 12.6 Å². The first kappa shape index (κ1) is 14.9. The molecule has 5 heteroatoms. The van der Waals surface area contributed by atoms with Gasteiger partial charge in [-0.25, -0.2) is 0 Å². The van der Waals surface area contributed by atoms with E-state index in [1.54, 1.807) is 13.8 Å². The molecule has 4 nitrogen and oxygen atoms in total. The van der Waals surface area contributed by atoms with E-state index in [9.17, 15) is 9.59 Å². The highest BCUT2D eigenvalue weighted by Crippen LogP contribution is 2.15. The first-order valence-electron chi connectivity index (χ1n) is 3.77. The molecular formula is C8H17NO3S. The van der Waals surface area contributed by atoms with Crippen molar-refractivity contribution in [2.75, 3.05) is 0 Å². The van der Waals surface area contributed by atoms with Gasteiger partial charge in [0, 0.05) is 4.75 Å². The van der Waals surface area contributed by atoms with Crippen LogP contribution >= 0.6 is 12.6 Å². The lowest BCUT2D eigenvalue weighted by atomic mass is 10.1. The van der Waals surface area contributed by atoms with Crippen molar-refractivity contribution in [3.05, 3.63) is 0 Å². The van der Waals surface area contributed by atoms with Crippen LogP contribution in [0.25, 0.3) is 0 Å². The minimum absolute atomic E-state index is 0.167. The molecule has 0 unspecified atom stereocenters. The summed E-state index contributed by atoms with van der Waals surface area (Å²) >= 11 is 3.98. The number of carbonyl (C=O) groups is 2. The number of carboxylic acids is 1. The molecule has 0 aromatic heterocycles. The highest BCUT2D eigenvalue weighted by atomic mass is 32.1. The summed E-state index contributed by atoms with van der Waals surface area (Å²) in [5.41, 5.74) is 5.22. The van der Waals surface area contributed by atoms with Crippen LogP contribution in [0.15, 0.2) is 0 Å². The van der Waals surface area contributed by atoms with Crippen LogP contribution in [0.1, 0.15) is 27.7 Å². The third-order valence-corrected chi connectivity index (χ3v) is 1.31. The normalized spacial score (nSPS) is 12.5. The SMILES string of the molecule is CC(C)(S)[C@H](N)C(=O)O.CC(C)=O. The van der Waals surface area contributed by atoms with Gasteiger partial charge in [0.05, 0.1) is 0 Å². The van der Waals surface area contributed by atoms with Gasteiger partial charge in [-0.15, -0.1) is 0 Å². The smallest absolute Gasteiger partial charge is 0.321 e. The van der Waals surface area contributed by atoms with Crippen LogP contribution < -0.4 is 5.73 Å². The molecule has 0 aliphatic heterocycles. The minimum Gasteiger partial charge on any atom is -0.480 e. The first-order chi connectivity index (χ1) is 5.59. The number of rotatable bonds is 2. The van der Waals surface area contributed by atoms with Gasteiger partial charge in [-0.3, -0.25) is 4.79 Å². The van der Waals surface area contributed by atoms with E-state index in [0.717, 1.165) is 0 Å². The van der Waals surface area contributed by atoms with Gasteiger partial charge in [-0.05, 0) is 27.7 Å². The largest absolute Gasteiger partial charge is 0.480 e. The molecule has 0 aromatic rings. The number of aliphatic carboxylic acids is 1. The van der Waals surface area contributed by atoms with Crippen LogP contribution in [0.5, 0.6) is 0 Å². The van der Waals surface area contributed by atoms with Gasteiger partial charge in [0.25, 0.3) is 0 Å². The summed E-state index contributed by atoms with van der Waals surface area (Å²) in [6.45, 7) is 6.38. The minimum atomic E-state index is -1.02. The van der Waals surface area contributed by atoms with E-state index in [-0.39, 0.29) is 5.78 Å². The molecule has 0 aliphatic carbocycles. The molecule has 0 spiro atoms. The van der Waals surface area contributed by atoms with Gasteiger partial charge in [0.2, 0.25) is 0 Å². The third-order valence-electron chi connectivity index (χ3n) is 1.03. The topological polar surface area (TPSA) is 80.4 Å². The standard InChI is InChI=1S/C5H11NO2S.C3H6O/c1-5(2,9)3(6)4(7)8;1-3(2)4/h3,9H,6H2,1-2H3,(H,7,8);1-2H3/t3-;/m1./s1. The fraction of sp³-hybridized carbons (Fsp3) is 0.750. The van der Waals surface area contributed by atoms with Crippen molar-refractivity contribution in [3.8, 4) is 0 Å². The molecule has 1 atom stereocenters. The molecule has 0 radical (unpaired) electrons. The molecule has 0 fully saturated rings. The number of thiol groups is 1. The lowest BCUT2D eigenvalue weighted by Gasteiger charge is -2.21. The summed E-state index contributed by atoms with van der Waals surface area (Å²) in [4.78, 5) is 19.6. The van der Waals surface area contributed by atoms with Gasteiger partial charge >= 0.3 is 5.97 Å². The van der Waals surface area contributed by atoms with E-state index < -0.39 is 16.8 Å². The Morgan fingerprint density at radius 1 is 1.38 bits per heavy atom. The highest BCUT2D eigenvalue weighted by Gasteiger charge is 2.27. The number of carboxylic acid groups (broad SMARTS) is 1. The van der Waals surface area contributed by atoms with E-state index in [1.807, 2.05) is 0 Å². The Hall–Kier alpha value is -0.550. The predicted molar refractivity (Wildman–Crippen MR) is 55.0 cm³/mol. The Labute approximate surface area is 83.9 Å². The second-order valence-corrected chi connectivity index (χ2v) is 4.53. The van der Waals surface area contributed by atoms with Crippen molar-refractivity contribution in [1.82, 2.24) is 0 Å². The number of Topliss-reactive ketones (excluding diaryl/α,β-unsaturated/α-hetero) is 1. The second-order valence-electron chi connectivity index (χ2n) is 3.38. The summed E-state index contributed by atoms with van der Waals surface area (Å²) in [7, 11) is 0. The van der Waals surface area contributed by atoms with Crippen molar-refractivity contribution in [3.63, 3.8) is 0 Å². The van der Waals surface area contributed by atoms with E-state index in [2.05, 4.69) is 12.6 Å². The molecule has 13 heavy (non-hydrogen) atoms. The monoisotopic (exact) mass is 207 g/mol. The summed E-state index contributed by atoms with van der Waals surface area (Å²) in [5.74, 6) is -0.852. The Morgan fingerprint density at radius 2 is 1.62 bits per heavy atom. The fourth-order valence-electron chi connectivity index (χ4n) is 0.302. The summed E-state index contributed by atoms with van der Waals surface area (Å²) in [6.07, 6.45) is 0.